The lowest BCUT2D eigenvalue weighted by Gasteiger charge is -2.41. The van der Waals surface area contributed by atoms with E-state index in [1.165, 1.54) is 26.9 Å². The number of aryl methyl sites for hydroxylation is 1. The van der Waals surface area contributed by atoms with Crippen molar-refractivity contribution < 1.29 is 28.8 Å². The average molecular weight is 576 g/mol. The third kappa shape index (κ3) is 4.48. The van der Waals surface area contributed by atoms with Crippen LogP contribution in [0.1, 0.15) is 23.8 Å². The van der Waals surface area contributed by atoms with Gasteiger partial charge in [0, 0.05) is 5.56 Å². The van der Waals surface area contributed by atoms with E-state index in [2.05, 4.69) is 25.4 Å². The van der Waals surface area contributed by atoms with Gasteiger partial charge in [0.05, 0.1) is 34.2 Å². The SMILES string of the molecule is Cc1nc([C@@H]2O[C@H](CO)[C@H](O)[C@H](n3cc(-c4cc(F)c(Cl)c(F)c4)nn3)[C@H]2O)n(-c2ccc3ncsc3c2)n1. The number of fused-ring (bicyclic) bond motifs is 1. The smallest absolute Gasteiger partial charge is 0.164 e. The Bertz CT molecular complexity index is 1650. The van der Waals surface area contributed by atoms with Gasteiger partial charge in [-0.1, -0.05) is 16.8 Å². The van der Waals surface area contributed by atoms with Gasteiger partial charge in [0.25, 0.3) is 0 Å². The maximum Gasteiger partial charge on any atom is 0.164 e. The summed E-state index contributed by atoms with van der Waals surface area (Å²) in [5.41, 5.74) is 3.33. The number of thiazole rings is 1. The predicted octanol–water partition coefficient (Wildman–Crippen LogP) is 2.77. The summed E-state index contributed by atoms with van der Waals surface area (Å²) in [5.74, 6) is -1.30. The highest BCUT2D eigenvalue weighted by atomic mass is 35.5. The van der Waals surface area contributed by atoms with Crippen molar-refractivity contribution in [2.45, 2.75) is 37.4 Å². The Hall–Kier alpha value is -3.40. The lowest BCUT2D eigenvalue weighted by molar-refractivity contribution is -0.210. The van der Waals surface area contributed by atoms with Crippen molar-refractivity contribution in [3.8, 4) is 16.9 Å². The third-order valence-electron chi connectivity index (χ3n) is 6.54. The molecule has 1 aliphatic rings. The second-order valence-electron chi connectivity index (χ2n) is 9.02. The zero-order valence-corrected chi connectivity index (χ0v) is 21.6. The van der Waals surface area contributed by atoms with Crippen LogP contribution in [0.25, 0.3) is 27.2 Å². The summed E-state index contributed by atoms with van der Waals surface area (Å²) < 4.78 is 37.6. The van der Waals surface area contributed by atoms with Crippen LogP contribution in [-0.2, 0) is 4.74 Å². The highest BCUT2D eigenvalue weighted by Gasteiger charge is 2.48. The van der Waals surface area contributed by atoms with Crippen LogP contribution in [0.2, 0.25) is 5.02 Å². The highest BCUT2D eigenvalue weighted by Crippen LogP contribution is 2.39. The number of nitrogens with zero attached hydrogens (tertiary/aromatic N) is 7. The molecule has 1 aliphatic heterocycles. The minimum Gasteiger partial charge on any atom is -0.394 e. The summed E-state index contributed by atoms with van der Waals surface area (Å²) in [6.07, 6.45) is -3.81. The Balaban J connectivity index is 1.39. The van der Waals surface area contributed by atoms with Crippen molar-refractivity contribution >= 4 is 33.2 Å². The van der Waals surface area contributed by atoms with Crippen LogP contribution in [0.15, 0.2) is 42.0 Å². The van der Waals surface area contributed by atoms with Gasteiger partial charge in [0.15, 0.2) is 5.82 Å². The summed E-state index contributed by atoms with van der Waals surface area (Å²) in [6.45, 7) is 1.11. The first-order valence-electron chi connectivity index (χ1n) is 11.7. The molecule has 39 heavy (non-hydrogen) atoms. The number of hydrogen-bond acceptors (Lipinski definition) is 10. The maximum absolute atomic E-state index is 14.0. The van der Waals surface area contributed by atoms with Crippen LogP contribution in [0.5, 0.6) is 0 Å². The van der Waals surface area contributed by atoms with Gasteiger partial charge in [-0.3, -0.25) is 0 Å². The molecule has 6 rings (SSSR count). The van der Waals surface area contributed by atoms with Gasteiger partial charge in [0.1, 0.15) is 58.6 Å². The molecular weight excluding hydrogens is 556 g/mol. The fourth-order valence-electron chi connectivity index (χ4n) is 4.67. The minimum absolute atomic E-state index is 0.0563. The van der Waals surface area contributed by atoms with Crippen molar-refractivity contribution in [2.75, 3.05) is 6.61 Å². The maximum atomic E-state index is 14.0. The van der Waals surface area contributed by atoms with Crippen molar-refractivity contribution in [3.05, 3.63) is 70.3 Å². The monoisotopic (exact) mass is 575 g/mol. The van der Waals surface area contributed by atoms with E-state index in [4.69, 9.17) is 16.3 Å². The van der Waals surface area contributed by atoms with Crippen molar-refractivity contribution in [3.63, 3.8) is 0 Å². The molecule has 3 N–H and O–H groups in total. The van der Waals surface area contributed by atoms with E-state index in [0.29, 0.717) is 11.5 Å². The fourth-order valence-corrected chi connectivity index (χ4v) is 5.49. The first kappa shape index (κ1) is 25.9. The molecule has 1 fully saturated rings. The Kier molecular flexibility index (Phi) is 6.61. The number of aliphatic hydroxyl groups is 3. The largest absolute Gasteiger partial charge is 0.394 e. The molecule has 1 saturated heterocycles. The third-order valence-corrected chi connectivity index (χ3v) is 7.69. The van der Waals surface area contributed by atoms with Crippen LogP contribution in [0, 0.1) is 18.6 Å². The Morgan fingerprint density at radius 2 is 1.90 bits per heavy atom. The molecule has 3 aromatic heterocycles. The topological polar surface area (TPSA) is 144 Å². The summed E-state index contributed by atoms with van der Waals surface area (Å²) in [7, 11) is 0. The minimum atomic E-state index is -1.44. The van der Waals surface area contributed by atoms with Gasteiger partial charge in [-0.2, -0.15) is 5.10 Å². The second-order valence-corrected chi connectivity index (χ2v) is 10.3. The molecule has 0 saturated carbocycles. The molecule has 0 radical (unpaired) electrons. The number of aliphatic hydroxyl groups excluding tert-OH is 3. The van der Waals surface area contributed by atoms with Crippen LogP contribution in [0.3, 0.4) is 0 Å². The van der Waals surface area contributed by atoms with E-state index >= 15 is 0 Å². The van der Waals surface area contributed by atoms with Crippen LogP contribution in [-0.4, -0.2) is 75.0 Å². The van der Waals surface area contributed by atoms with E-state index in [9.17, 15) is 24.1 Å². The normalized spacial score (nSPS) is 23.5. The highest BCUT2D eigenvalue weighted by molar-refractivity contribution is 7.16. The van der Waals surface area contributed by atoms with Crippen molar-refractivity contribution in [1.29, 1.82) is 0 Å². The van der Waals surface area contributed by atoms with Crippen molar-refractivity contribution in [1.82, 2.24) is 34.7 Å². The molecule has 4 heterocycles. The molecule has 2 aromatic carbocycles. The van der Waals surface area contributed by atoms with Gasteiger partial charge < -0.3 is 20.1 Å². The van der Waals surface area contributed by atoms with Crippen LogP contribution < -0.4 is 0 Å². The molecule has 5 atom stereocenters. The lowest BCUT2D eigenvalue weighted by atomic mass is 9.92. The Morgan fingerprint density at radius 3 is 2.64 bits per heavy atom. The van der Waals surface area contributed by atoms with Gasteiger partial charge in [-0.25, -0.2) is 28.1 Å². The number of benzene rings is 2. The van der Waals surface area contributed by atoms with E-state index < -0.39 is 53.7 Å². The van der Waals surface area contributed by atoms with E-state index in [1.54, 1.807) is 18.5 Å². The van der Waals surface area contributed by atoms with E-state index in [0.717, 1.165) is 22.3 Å². The Morgan fingerprint density at radius 1 is 1.13 bits per heavy atom. The van der Waals surface area contributed by atoms with Gasteiger partial charge in [0.2, 0.25) is 0 Å². The quantitative estimate of drug-likeness (QED) is 0.269. The molecule has 0 spiro atoms. The first-order valence-corrected chi connectivity index (χ1v) is 13.0. The fraction of sp³-hybridized carbons (Fsp3) is 0.292. The molecule has 0 aliphatic carbocycles. The molecule has 202 valence electrons. The zero-order chi connectivity index (χ0) is 27.4. The predicted molar refractivity (Wildman–Crippen MR) is 135 cm³/mol. The molecule has 5 aromatic rings. The number of rotatable bonds is 5. The molecule has 0 amide bonds. The standard InChI is InChI=1S/C24H20ClF2N7O4S/c1-10-29-24(34(31-10)12-2-3-15-18(6-12)39-9-28-15)23-22(37)20(21(36)17(8-35)38-23)33-7-16(30-32-33)11-4-13(26)19(25)14(27)5-11/h2-7,9,17,20-23,35-37H,8H2,1H3/t17-,20+,21+,22-,23-/m1/s1. The summed E-state index contributed by atoms with van der Waals surface area (Å²) in [4.78, 5) is 8.76. The number of ether oxygens (including phenoxy) is 1. The second kappa shape index (κ2) is 9.97. The first-order chi connectivity index (χ1) is 18.7. The zero-order valence-electron chi connectivity index (χ0n) is 20.1. The van der Waals surface area contributed by atoms with Gasteiger partial charge >= 0.3 is 0 Å². The Labute approximate surface area is 227 Å². The van der Waals surface area contributed by atoms with Crippen LogP contribution in [0.4, 0.5) is 8.78 Å². The average Bonchev–Trinajstić information content (AvgIpc) is 3.67. The number of hydrogen-bond donors (Lipinski definition) is 3. The summed E-state index contributed by atoms with van der Waals surface area (Å²) in [6, 6.07) is 6.35. The molecule has 0 bridgehead atoms. The molecular formula is C24H20ClF2N7O4S. The molecule has 15 heteroatoms. The summed E-state index contributed by atoms with van der Waals surface area (Å²) in [5, 5.41) is 44.2. The van der Waals surface area contributed by atoms with Gasteiger partial charge in [-0.05, 0) is 37.3 Å². The number of halogens is 3. The van der Waals surface area contributed by atoms with E-state index in [1.807, 2.05) is 12.1 Å². The molecule has 0 unspecified atom stereocenters. The lowest BCUT2D eigenvalue weighted by Crippen LogP contribution is -2.53. The van der Waals surface area contributed by atoms with Crippen LogP contribution >= 0.6 is 22.9 Å². The van der Waals surface area contributed by atoms with E-state index in [-0.39, 0.29) is 17.1 Å². The molecule has 11 nitrogen and oxygen atoms in total. The summed E-state index contributed by atoms with van der Waals surface area (Å²) >= 11 is 7.04. The van der Waals surface area contributed by atoms with Gasteiger partial charge in [-0.15, -0.1) is 16.4 Å². The number of aromatic nitrogens is 7. The van der Waals surface area contributed by atoms with Crippen molar-refractivity contribution in [2.24, 2.45) is 0 Å².